The smallest absolute Gasteiger partial charge is 0.325 e. The van der Waals surface area contributed by atoms with Crippen molar-refractivity contribution in [2.75, 3.05) is 5.32 Å². The quantitative estimate of drug-likeness (QED) is 0.883. The topological polar surface area (TPSA) is 79.5 Å². The molecule has 0 radical (unpaired) electrons. The number of carbonyl (C=O) groups is 1. The summed E-state index contributed by atoms with van der Waals surface area (Å²) in [4.78, 5) is 15.1. The molecule has 6 heteroatoms. The number of carboxylic acids is 1. The van der Waals surface area contributed by atoms with Crippen LogP contribution in [0.4, 0.5) is 5.82 Å². The molecule has 2 aromatic rings. The molecule has 1 unspecified atom stereocenters. The molecule has 2 heterocycles. The summed E-state index contributed by atoms with van der Waals surface area (Å²) in [6.45, 7) is 7.81. The van der Waals surface area contributed by atoms with E-state index in [4.69, 9.17) is 5.11 Å². The van der Waals surface area contributed by atoms with Crippen molar-refractivity contribution < 1.29 is 9.90 Å². The predicted molar refractivity (Wildman–Crippen MR) is 72.4 cm³/mol. The third kappa shape index (κ3) is 2.67. The second-order valence-electron chi connectivity index (χ2n) is 5.59. The zero-order chi connectivity index (χ0) is 14.2. The number of fused-ring (bicyclic) bond motifs is 1. The van der Waals surface area contributed by atoms with Crippen LogP contribution >= 0.6 is 0 Å². The van der Waals surface area contributed by atoms with Gasteiger partial charge in [0.15, 0.2) is 5.82 Å². The average molecular weight is 262 g/mol. The number of hydrogen-bond donors (Lipinski definition) is 2. The summed E-state index contributed by atoms with van der Waals surface area (Å²) in [5, 5.41) is 16.3. The molecular formula is C13H18N4O2. The molecule has 0 amide bonds. The van der Waals surface area contributed by atoms with Gasteiger partial charge in [-0.3, -0.25) is 4.79 Å². The minimum atomic E-state index is -0.917. The van der Waals surface area contributed by atoms with E-state index >= 15 is 0 Å². The van der Waals surface area contributed by atoms with Crippen LogP contribution in [0.2, 0.25) is 0 Å². The highest BCUT2D eigenvalue weighted by Crippen LogP contribution is 2.24. The minimum absolute atomic E-state index is 0.0678. The van der Waals surface area contributed by atoms with E-state index in [1.54, 1.807) is 23.8 Å². The third-order valence-corrected chi connectivity index (χ3v) is 2.88. The summed E-state index contributed by atoms with van der Waals surface area (Å²) in [6, 6.07) is 1.23. The first-order chi connectivity index (χ1) is 8.79. The molecule has 0 aromatic carbocycles. The number of aromatic nitrogens is 3. The lowest BCUT2D eigenvalue weighted by molar-refractivity contribution is -0.137. The maximum Gasteiger partial charge on any atom is 0.325 e. The maximum absolute atomic E-state index is 10.9. The molecule has 19 heavy (non-hydrogen) atoms. The fourth-order valence-electron chi connectivity index (χ4n) is 1.67. The summed E-state index contributed by atoms with van der Waals surface area (Å²) in [7, 11) is 0. The standard InChI is InChI=1S/C13H18N4O2/c1-8(12(18)19)15-11-9-7-10(13(2,3)4)16-17(9)6-5-14-11/h5-8H,1-4H3,(H,14,15)(H,18,19). The molecule has 0 aliphatic heterocycles. The van der Waals surface area contributed by atoms with Gasteiger partial charge in [-0.15, -0.1) is 0 Å². The molecule has 0 aliphatic carbocycles. The van der Waals surface area contributed by atoms with Gasteiger partial charge in [-0.05, 0) is 13.0 Å². The van der Waals surface area contributed by atoms with Gasteiger partial charge in [0.2, 0.25) is 0 Å². The number of nitrogens with one attached hydrogen (secondary N) is 1. The molecule has 6 nitrogen and oxygen atoms in total. The Morgan fingerprint density at radius 3 is 2.74 bits per heavy atom. The van der Waals surface area contributed by atoms with Crippen LogP contribution in [0.3, 0.4) is 0 Å². The van der Waals surface area contributed by atoms with E-state index in [9.17, 15) is 4.79 Å². The summed E-state index contributed by atoms with van der Waals surface area (Å²) < 4.78 is 1.71. The highest BCUT2D eigenvalue weighted by molar-refractivity contribution is 5.79. The second kappa shape index (κ2) is 4.53. The number of hydrogen-bond acceptors (Lipinski definition) is 4. The van der Waals surface area contributed by atoms with Crippen LogP contribution in [0.1, 0.15) is 33.4 Å². The van der Waals surface area contributed by atoms with E-state index < -0.39 is 12.0 Å². The molecule has 0 bridgehead atoms. The van der Waals surface area contributed by atoms with Crippen molar-refractivity contribution in [1.82, 2.24) is 14.6 Å². The molecule has 0 spiro atoms. The second-order valence-corrected chi connectivity index (χ2v) is 5.59. The van der Waals surface area contributed by atoms with E-state index in [1.165, 1.54) is 0 Å². The van der Waals surface area contributed by atoms with E-state index in [1.807, 2.05) is 6.07 Å². The van der Waals surface area contributed by atoms with E-state index in [0.717, 1.165) is 11.2 Å². The van der Waals surface area contributed by atoms with Gasteiger partial charge >= 0.3 is 5.97 Å². The Labute approximate surface area is 111 Å². The summed E-state index contributed by atoms with van der Waals surface area (Å²) in [6.07, 6.45) is 3.35. The SMILES string of the molecule is CC(Nc1nccn2nc(C(C)(C)C)cc12)C(=O)O. The largest absolute Gasteiger partial charge is 0.480 e. The number of carboxylic acid groups (broad SMARTS) is 1. The van der Waals surface area contributed by atoms with Crippen LogP contribution in [0.15, 0.2) is 18.5 Å². The molecule has 0 saturated heterocycles. The first-order valence-corrected chi connectivity index (χ1v) is 6.13. The third-order valence-electron chi connectivity index (χ3n) is 2.88. The summed E-state index contributed by atoms with van der Waals surface area (Å²) >= 11 is 0. The minimum Gasteiger partial charge on any atom is -0.480 e. The maximum atomic E-state index is 10.9. The van der Waals surface area contributed by atoms with Crippen LogP contribution in [-0.2, 0) is 10.2 Å². The molecule has 0 fully saturated rings. The molecule has 0 aliphatic rings. The Hall–Kier alpha value is -2.11. The van der Waals surface area contributed by atoms with Gasteiger partial charge in [0.1, 0.15) is 11.6 Å². The van der Waals surface area contributed by atoms with E-state index in [2.05, 4.69) is 36.2 Å². The summed E-state index contributed by atoms with van der Waals surface area (Å²) in [5.41, 5.74) is 1.65. The Kier molecular flexibility index (Phi) is 3.18. The number of aliphatic carboxylic acids is 1. The van der Waals surface area contributed by atoms with Crippen molar-refractivity contribution in [2.24, 2.45) is 0 Å². The van der Waals surface area contributed by atoms with Crippen LogP contribution in [0, 0.1) is 0 Å². The normalized spacial score (nSPS) is 13.5. The Bertz CT molecular complexity index is 613. The highest BCUT2D eigenvalue weighted by atomic mass is 16.4. The van der Waals surface area contributed by atoms with Gasteiger partial charge in [0.25, 0.3) is 0 Å². The number of nitrogens with zero attached hydrogens (tertiary/aromatic N) is 3. The monoisotopic (exact) mass is 262 g/mol. The van der Waals surface area contributed by atoms with Gasteiger partial charge in [0, 0.05) is 17.8 Å². The Morgan fingerprint density at radius 2 is 2.16 bits per heavy atom. The van der Waals surface area contributed by atoms with Crippen LogP contribution in [-0.4, -0.2) is 31.7 Å². The van der Waals surface area contributed by atoms with Gasteiger partial charge in [-0.1, -0.05) is 20.8 Å². The number of anilines is 1. The van der Waals surface area contributed by atoms with Crippen molar-refractivity contribution in [2.45, 2.75) is 39.2 Å². The molecule has 2 aromatic heterocycles. The lowest BCUT2D eigenvalue weighted by Crippen LogP contribution is -2.26. The van der Waals surface area contributed by atoms with Crippen molar-refractivity contribution in [3.63, 3.8) is 0 Å². The molecule has 1 atom stereocenters. The zero-order valence-corrected chi connectivity index (χ0v) is 11.5. The lowest BCUT2D eigenvalue weighted by Gasteiger charge is -2.13. The van der Waals surface area contributed by atoms with Crippen molar-refractivity contribution in [3.05, 3.63) is 24.2 Å². The first kappa shape index (κ1) is 13.3. The Balaban J connectivity index is 2.45. The molecule has 0 saturated carbocycles. The van der Waals surface area contributed by atoms with Gasteiger partial charge in [0.05, 0.1) is 5.69 Å². The summed E-state index contributed by atoms with van der Waals surface area (Å²) in [5.74, 6) is -0.389. The first-order valence-electron chi connectivity index (χ1n) is 6.13. The fraction of sp³-hybridized carbons (Fsp3) is 0.462. The molecule has 102 valence electrons. The van der Waals surface area contributed by atoms with Crippen LogP contribution < -0.4 is 5.32 Å². The van der Waals surface area contributed by atoms with Crippen LogP contribution in [0.25, 0.3) is 5.52 Å². The van der Waals surface area contributed by atoms with Crippen molar-refractivity contribution >= 4 is 17.3 Å². The Morgan fingerprint density at radius 1 is 1.47 bits per heavy atom. The number of rotatable bonds is 3. The van der Waals surface area contributed by atoms with Crippen molar-refractivity contribution in [3.8, 4) is 0 Å². The van der Waals surface area contributed by atoms with Crippen LogP contribution in [0.5, 0.6) is 0 Å². The fourth-order valence-corrected chi connectivity index (χ4v) is 1.67. The van der Waals surface area contributed by atoms with E-state index in [0.29, 0.717) is 5.82 Å². The predicted octanol–water partition coefficient (Wildman–Crippen LogP) is 1.91. The van der Waals surface area contributed by atoms with Gasteiger partial charge < -0.3 is 10.4 Å². The van der Waals surface area contributed by atoms with E-state index in [-0.39, 0.29) is 5.41 Å². The molecule has 2 N–H and O–H groups in total. The van der Waals surface area contributed by atoms with Gasteiger partial charge in [-0.2, -0.15) is 5.10 Å². The average Bonchev–Trinajstić information content (AvgIpc) is 2.73. The molecular weight excluding hydrogens is 244 g/mol. The van der Waals surface area contributed by atoms with Gasteiger partial charge in [-0.25, -0.2) is 9.50 Å². The highest BCUT2D eigenvalue weighted by Gasteiger charge is 2.20. The zero-order valence-electron chi connectivity index (χ0n) is 11.5. The van der Waals surface area contributed by atoms with Crippen molar-refractivity contribution in [1.29, 1.82) is 0 Å². The molecule has 2 rings (SSSR count). The lowest BCUT2D eigenvalue weighted by atomic mass is 9.92.